The number of amides is 3. The molecule has 0 spiro atoms. The number of aromatic nitrogens is 1. The zero-order chi connectivity index (χ0) is 19.9. The van der Waals surface area contributed by atoms with E-state index in [4.69, 9.17) is 4.74 Å². The van der Waals surface area contributed by atoms with Crippen molar-refractivity contribution >= 4 is 17.6 Å². The van der Waals surface area contributed by atoms with Crippen molar-refractivity contribution in [2.75, 3.05) is 12.4 Å². The average Bonchev–Trinajstić information content (AvgIpc) is 2.71. The largest absolute Gasteiger partial charge is 0.457 e. The minimum atomic E-state index is -0.533. The Bertz CT molecular complexity index is 939. The molecule has 3 rings (SSSR count). The minimum Gasteiger partial charge on any atom is -0.457 e. The smallest absolute Gasteiger partial charge is 0.323 e. The van der Waals surface area contributed by atoms with Crippen molar-refractivity contribution in [3.05, 3.63) is 72.0 Å². The van der Waals surface area contributed by atoms with Gasteiger partial charge in [-0.2, -0.15) is 0 Å². The van der Waals surface area contributed by atoms with Crippen molar-refractivity contribution < 1.29 is 18.7 Å². The third-order valence-corrected chi connectivity index (χ3v) is 3.89. The van der Waals surface area contributed by atoms with Gasteiger partial charge in [0.1, 0.15) is 23.0 Å². The molecule has 1 aliphatic rings. The number of halogens is 1. The van der Waals surface area contributed by atoms with Crippen molar-refractivity contribution in [2.45, 2.75) is 12.8 Å². The van der Waals surface area contributed by atoms with Gasteiger partial charge in [0.05, 0.1) is 5.70 Å². The summed E-state index contributed by atoms with van der Waals surface area (Å²) in [5, 5.41) is 7.61. The lowest BCUT2D eigenvalue weighted by Crippen LogP contribution is -2.28. The molecular weight excluding hydrogens is 363 g/mol. The van der Waals surface area contributed by atoms with Crippen LogP contribution in [0.15, 0.2) is 66.3 Å². The summed E-state index contributed by atoms with van der Waals surface area (Å²) in [7, 11) is 1.52. The van der Waals surface area contributed by atoms with Gasteiger partial charge in [0.15, 0.2) is 0 Å². The van der Waals surface area contributed by atoms with Crippen LogP contribution in [0.4, 0.5) is 14.9 Å². The van der Waals surface area contributed by atoms with Crippen LogP contribution in [0, 0.1) is 0 Å². The van der Waals surface area contributed by atoms with Crippen LogP contribution in [0.25, 0.3) is 0 Å². The highest BCUT2D eigenvalue weighted by atomic mass is 19.1. The summed E-state index contributed by atoms with van der Waals surface area (Å²) in [4.78, 5) is 27.6. The Labute approximate surface area is 161 Å². The van der Waals surface area contributed by atoms with Crippen LogP contribution in [-0.2, 0) is 0 Å². The summed E-state index contributed by atoms with van der Waals surface area (Å²) < 4.78 is 19.3. The van der Waals surface area contributed by atoms with E-state index >= 15 is 0 Å². The number of carbonyl (C=O) groups is 2. The number of anilines is 1. The van der Waals surface area contributed by atoms with Gasteiger partial charge in [0.25, 0.3) is 5.91 Å². The Morgan fingerprint density at radius 1 is 1.11 bits per heavy atom. The summed E-state index contributed by atoms with van der Waals surface area (Å²) in [5.41, 5.74) is 0.938. The molecule has 0 saturated carbocycles. The minimum absolute atomic E-state index is 0.174. The van der Waals surface area contributed by atoms with Crippen molar-refractivity contribution in [1.29, 1.82) is 0 Å². The number of nitrogens with one attached hydrogen (secondary N) is 3. The van der Waals surface area contributed by atoms with Gasteiger partial charge in [-0.25, -0.2) is 9.18 Å². The quantitative estimate of drug-likeness (QED) is 0.732. The highest BCUT2D eigenvalue weighted by Crippen LogP contribution is 2.23. The van der Waals surface area contributed by atoms with Crippen molar-refractivity contribution in [3.63, 3.8) is 0 Å². The fourth-order valence-electron chi connectivity index (χ4n) is 2.50. The first kappa shape index (κ1) is 19.1. The maximum absolute atomic E-state index is 13.6. The number of nitrogens with zero attached hydrogens (tertiary/aromatic N) is 1. The van der Waals surface area contributed by atoms with Crippen LogP contribution in [-0.4, -0.2) is 24.0 Å². The fourth-order valence-corrected chi connectivity index (χ4v) is 2.50. The van der Waals surface area contributed by atoms with E-state index in [0.717, 1.165) is 0 Å². The molecule has 2 aromatic rings. The lowest BCUT2D eigenvalue weighted by atomic mass is 10.1. The second-order valence-corrected chi connectivity index (χ2v) is 5.92. The van der Waals surface area contributed by atoms with E-state index in [0.29, 0.717) is 23.6 Å². The van der Waals surface area contributed by atoms with E-state index in [1.807, 2.05) is 0 Å². The number of hydrogen-bond acceptors (Lipinski definition) is 4. The maximum Gasteiger partial charge on any atom is 0.323 e. The Balaban J connectivity index is 1.60. The molecular formula is C20H19FN4O3. The van der Waals surface area contributed by atoms with Gasteiger partial charge in [0, 0.05) is 31.4 Å². The number of carbonyl (C=O) groups excluding carboxylic acids is 2. The van der Waals surface area contributed by atoms with Gasteiger partial charge in [-0.05, 0) is 42.8 Å². The Hall–Kier alpha value is -3.68. The Morgan fingerprint density at radius 3 is 2.61 bits per heavy atom. The number of hydrogen-bond donors (Lipinski definition) is 3. The molecule has 8 heteroatoms. The van der Waals surface area contributed by atoms with Crippen molar-refractivity contribution in [1.82, 2.24) is 15.6 Å². The second-order valence-electron chi connectivity index (χ2n) is 5.92. The zero-order valence-corrected chi connectivity index (χ0v) is 15.2. The van der Waals surface area contributed by atoms with Crippen LogP contribution in [0.2, 0.25) is 0 Å². The number of ether oxygens (including phenoxy) is 1. The number of pyridine rings is 1. The normalized spacial score (nSPS) is 13.1. The maximum atomic E-state index is 13.6. The summed E-state index contributed by atoms with van der Waals surface area (Å²) in [6, 6.07) is 9.25. The van der Waals surface area contributed by atoms with E-state index < -0.39 is 6.03 Å². The number of urea groups is 1. The van der Waals surface area contributed by atoms with Crippen molar-refractivity contribution in [3.8, 4) is 11.5 Å². The highest BCUT2D eigenvalue weighted by Gasteiger charge is 2.11. The monoisotopic (exact) mass is 382 g/mol. The first-order valence-corrected chi connectivity index (χ1v) is 8.64. The van der Waals surface area contributed by atoms with Crippen LogP contribution in [0.1, 0.15) is 23.3 Å². The average molecular weight is 382 g/mol. The predicted octanol–water partition coefficient (Wildman–Crippen LogP) is 3.89. The summed E-state index contributed by atoms with van der Waals surface area (Å²) >= 11 is 0. The van der Waals surface area contributed by atoms with Gasteiger partial charge in [0.2, 0.25) is 0 Å². The first-order chi connectivity index (χ1) is 13.5. The Kier molecular flexibility index (Phi) is 6.01. The molecule has 144 valence electrons. The van der Waals surface area contributed by atoms with Gasteiger partial charge in [-0.15, -0.1) is 0 Å². The third-order valence-electron chi connectivity index (χ3n) is 3.89. The SMILES string of the molecule is CNC(=O)c1cc(Oc2ccc(NC(=O)NC3=C(F)CCC=C3)cc2)ccn1. The van der Waals surface area contributed by atoms with Crippen LogP contribution in [0.3, 0.4) is 0 Å². The van der Waals surface area contributed by atoms with Gasteiger partial charge in [-0.3, -0.25) is 9.78 Å². The standard InChI is InChI=1S/C20H19FN4O3/c1-22-19(26)18-12-15(10-11-23-18)28-14-8-6-13(7-9-14)24-20(27)25-17-5-3-2-4-16(17)21/h3,5-12H,2,4H2,1H3,(H,22,26)(H2,24,25,27). The third kappa shape index (κ3) is 4.94. The zero-order valence-electron chi connectivity index (χ0n) is 15.2. The molecule has 0 aliphatic heterocycles. The highest BCUT2D eigenvalue weighted by molar-refractivity contribution is 5.92. The number of benzene rings is 1. The fraction of sp³-hybridized carbons (Fsp3) is 0.150. The molecule has 0 fully saturated rings. The summed E-state index contributed by atoms with van der Waals surface area (Å²) in [5.74, 6) is 0.327. The number of rotatable bonds is 5. The van der Waals surface area contributed by atoms with Crippen LogP contribution in [0.5, 0.6) is 11.5 Å². The molecule has 0 saturated heterocycles. The van der Waals surface area contributed by atoms with Gasteiger partial charge >= 0.3 is 6.03 Å². The lowest BCUT2D eigenvalue weighted by Gasteiger charge is -2.12. The van der Waals surface area contributed by atoms with E-state index in [2.05, 4.69) is 20.9 Å². The molecule has 1 aromatic carbocycles. The molecule has 3 amide bonds. The molecule has 1 aromatic heterocycles. The molecule has 1 aliphatic carbocycles. The Morgan fingerprint density at radius 2 is 1.89 bits per heavy atom. The van der Waals surface area contributed by atoms with E-state index in [9.17, 15) is 14.0 Å². The summed E-state index contributed by atoms with van der Waals surface area (Å²) in [6.45, 7) is 0. The molecule has 3 N–H and O–H groups in total. The van der Waals surface area contributed by atoms with E-state index in [-0.39, 0.29) is 29.5 Å². The van der Waals surface area contributed by atoms with Gasteiger partial charge in [-0.1, -0.05) is 6.08 Å². The molecule has 7 nitrogen and oxygen atoms in total. The second kappa shape index (κ2) is 8.81. The predicted molar refractivity (Wildman–Crippen MR) is 103 cm³/mol. The van der Waals surface area contributed by atoms with E-state index in [1.54, 1.807) is 42.5 Å². The summed E-state index contributed by atoms with van der Waals surface area (Å²) in [6.07, 6.45) is 5.75. The van der Waals surface area contributed by atoms with Crippen LogP contribution < -0.4 is 20.7 Å². The first-order valence-electron chi connectivity index (χ1n) is 8.64. The topological polar surface area (TPSA) is 92.4 Å². The molecule has 0 bridgehead atoms. The molecule has 0 radical (unpaired) electrons. The molecule has 0 atom stereocenters. The lowest BCUT2D eigenvalue weighted by molar-refractivity contribution is 0.0958. The van der Waals surface area contributed by atoms with Gasteiger partial charge < -0.3 is 20.7 Å². The molecule has 0 unspecified atom stereocenters. The van der Waals surface area contributed by atoms with Crippen LogP contribution >= 0.6 is 0 Å². The number of allylic oxidation sites excluding steroid dienone is 3. The van der Waals surface area contributed by atoms with Crippen molar-refractivity contribution in [2.24, 2.45) is 0 Å². The van der Waals surface area contributed by atoms with E-state index in [1.165, 1.54) is 19.3 Å². The molecule has 1 heterocycles. The molecule has 28 heavy (non-hydrogen) atoms.